The molecule has 1 aliphatic rings. The Balaban J connectivity index is 1.68. The van der Waals surface area contributed by atoms with Crippen molar-refractivity contribution in [2.45, 2.75) is 32.0 Å². The quantitative estimate of drug-likeness (QED) is 0.599. The molecule has 6 nitrogen and oxygen atoms in total. The van der Waals surface area contributed by atoms with E-state index < -0.39 is 5.54 Å². The molecule has 1 aliphatic heterocycles. The van der Waals surface area contributed by atoms with Crippen molar-refractivity contribution >= 4 is 11.8 Å². The summed E-state index contributed by atoms with van der Waals surface area (Å²) in [5, 5.41) is 3.04. The van der Waals surface area contributed by atoms with Crippen molar-refractivity contribution in [2.75, 3.05) is 14.2 Å². The molecule has 0 fully saturated rings. The molecule has 6 heteroatoms. The molecule has 0 unspecified atom stereocenters. The van der Waals surface area contributed by atoms with Crippen LogP contribution >= 0.6 is 0 Å². The van der Waals surface area contributed by atoms with Crippen LogP contribution in [0.15, 0.2) is 72.8 Å². The van der Waals surface area contributed by atoms with E-state index in [-0.39, 0.29) is 18.4 Å². The van der Waals surface area contributed by atoms with Gasteiger partial charge in [0, 0.05) is 31.1 Å². The number of rotatable bonds is 7. The zero-order chi connectivity index (χ0) is 23.4. The number of ether oxygens (including phenoxy) is 2. The summed E-state index contributed by atoms with van der Waals surface area (Å²) in [4.78, 5) is 28.8. The van der Waals surface area contributed by atoms with Gasteiger partial charge in [-0.3, -0.25) is 9.59 Å². The number of benzene rings is 3. The highest BCUT2D eigenvalue weighted by Gasteiger charge is 2.46. The van der Waals surface area contributed by atoms with E-state index in [4.69, 9.17) is 9.47 Å². The third-order valence-electron chi connectivity index (χ3n) is 6.16. The highest BCUT2D eigenvalue weighted by molar-refractivity contribution is 6.02. The van der Waals surface area contributed by atoms with E-state index >= 15 is 0 Å². The predicted molar refractivity (Wildman–Crippen MR) is 126 cm³/mol. The fraction of sp³-hybridized carbons (Fsp3) is 0.259. The summed E-state index contributed by atoms with van der Waals surface area (Å²) in [6, 6.07) is 22.7. The smallest absolute Gasteiger partial charge is 0.255 e. The molecule has 2 amide bonds. The summed E-state index contributed by atoms with van der Waals surface area (Å²) in [6.07, 6.45) is 0.427. The van der Waals surface area contributed by atoms with Crippen LogP contribution in [0.25, 0.3) is 0 Å². The molecule has 1 atom stereocenters. The number of amides is 2. The molecule has 0 aromatic heterocycles. The standard InChI is InChI=1S/C27H28N2O4/c1-27(26(31)28-17-19-9-5-4-6-10-19)16-21-11-7-8-12-24(21)25(30)29(27)18-20-13-22(32-2)15-23(14-20)33-3/h4-15H,16-18H2,1-3H3,(H,28,31)/t27-/m0/s1. The van der Waals surface area contributed by atoms with Crippen molar-refractivity contribution in [2.24, 2.45) is 0 Å². The van der Waals surface area contributed by atoms with Gasteiger partial charge in [0.15, 0.2) is 0 Å². The van der Waals surface area contributed by atoms with Crippen molar-refractivity contribution in [3.05, 3.63) is 95.1 Å². The maximum Gasteiger partial charge on any atom is 0.255 e. The number of fused-ring (bicyclic) bond motifs is 1. The maximum absolute atomic E-state index is 13.6. The molecular weight excluding hydrogens is 416 g/mol. The number of methoxy groups -OCH3 is 2. The summed E-state index contributed by atoms with van der Waals surface area (Å²) in [5.41, 5.74) is 2.26. The number of nitrogens with one attached hydrogen (secondary N) is 1. The second-order valence-electron chi connectivity index (χ2n) is 8.39. The molecular formula is C27H28N2O4. The van der Waals surface area contributed by atoms with Crippen LogP contribution in [0.2, 0.25) is 0 Å². The molecule has 0 aliphatic carbocycles. The molecule has 3 aromatic rings. The van der Waals surface area contributed by atoms with Crippen LogP contribution in [0.1, 0.15) is 34.0 Å². The average Bonchev–Trinajstić information content (AvgIpc) is 2.85. The molecule has 170 valence electrons. The van der Waals surface area contributed by atoms with Gasteiger partial charge in [0.25, 0.3) is 5.91 Å². The Bertz CT molecular complexity index is 1140. The van der Waals surface area contributed by atoms with Crippen molar-refractivity contribution < 1.29 is 19.1 Å². The zero-order valence-electron chi connectivity index (χ0n) is 19.1. The van der Waals surface area contributed by atoms with Crippen LogP contribution in [0, 0.1) is 0 Å². The Kier molecular flexibility index (Phi) is 6.36. The Hall–Kier alpha value is -3.80. The lowest BCUT2D eigenvalue weighted by Crippen LogP contribution is -2.62. The second kappa shape index (κ2) is 9.36. The summed E-state index contributed by atoms with van der Waals surface area (Å²) in [6.45, 7) is 2.47. The first kappa shape index (κ1) is 22.4. The monoisotopic (exact) mass is 444 g/mol. The first-order valence-electron chi connectivity index (χ1n) is 10.9. The molecule has 0 saturated heterocycles. The molecule has 0 saturated carbocycles. The fourth-order valence-corrected chi connectivity index (χ4v) is 4.28. The molecule has 0 bridgehead atoms. The van der Waals surface area contributed by atoms with Gasteiger partial charge >= 0.3 is 0 Å². The van der Waals surface area contributed by atoms with E-state index in [0.717, 1.165) is 16.7 Å². The van der Waals surface area contributed by atoms with Crippen molar-refractivity contribution in [3.63, 3.8) is 0 Å². The Morgan fingerprint density at radius 2 is 1.58 bits per heavy atom. The van der Waals surface area contributed by atoms with Gasteiger partial charge in [-0.2, -0.15) is 0 Å². The first-order chi connectivity index (χ1) is 15.9. The van der Waals surface area contributed by atoms with Gasteiger partial charge in [0.1, 0.15) is 17.0 Å². The molecule has 1 heterocycles. The summed E-state index contributed by atoms with van der Waals surface area (Å²) < 4.78 is 10.8. The number of nitrogens with zero attached hydrogens (tertiary/aromatic N) is 1. The lowest BCUT2D eigenvalue weighted by molar-refractivity contribution is -0.132. The van der Waals surface area contributed by atoms with Gasteiger partial charge in [0.05, 0.1) is 14.2 Å². The first-order valence-corrected chi connectivity index (χ1v) is 10.9. The van der Waals surface area contributed by atoms with E-state index in [0.29, 0.717) is 30.0 Å². The molecule has 3 aromatic carbocycles. The summed E-state index contributed by atoms with van der Waals surface area (Å²) >= 11 is 0. The van der Waals surface area contributed by atoms with Crippen molar-refractivity contribution in [1.29, 1.82) is 0 Å². The minimum Gasteiger partial charge on any atom is -0.497 e. The van der Waals surface area contributed by atoms with E-state index in [1.54, 1.807) is 25.2 Å². The average molecular weight is 445 g/mol. The fourth-order valence-electron chi connectivity index (χ4n) is 4.28. The normalized spacial score (nSPS) is 17.3. The van der Waals surface area contributed by atoms with Gasteiger partial charge in [-0.05, 0) is 41.8 Å². The van der Waals surface area contributed by atoms with Gasteiger partial charge in [-0.15, -0.1) is 0 Å². The molecule has 33 heavy (non-hydrogen) atoms. The molecule has 1 N–H and O–H groups in total. The van der Waals surface area contributed by atoms with Crippen LogP contribution in [0.5, 0.6) is 11.5 Å². The third-order valence-corrected chi connectivity index (χ3v) is 6.16. The van der Waals surface area contributed by atoms with E-state index in [1.165, 1.54) is 0 Å². The second-order valence-corrected chi connectivity index (χ2v) is 8.39. The molecule has 0 radical (unpaired) electrons. The third kappa shape index (κ3) is 4.55. The Morgan fingerprint density at radius 1 is 0.939 bits per heavy atom. The van der Waals surface area contributed by atoms with Gasteiger partial charge in [0.2, 0.25) is 5.91 Å². The Morgan fingerprint density at radius 3 is 2.24 bits per heavy atom. The van der Waals surface area contributed by atoms with Crippen molar-refractivity contribution in [1.82, 2.24) is 10.2 Å². The van der Waals surface area contributed by atoms with E-state index in [2.05, 4.69) is 5.32 Å². The summed E-state index contributed by atoms with van der Waals surface area (Å²) in [7, 11) is 3.17. The zero-order valence-corrected chi connectivity index (χ0v) is 19.1. The van der Waals surface area contributed by atoms with Crippen LogP contribution in [0.3, 0.4) is 0 Å². The van der Waals surface area contributed by atoms with Crippen LogP contribution in [-0.2, 0) is 24.3 Å². The highest BCUT2D eigenvalue weighted by atomic mass is 16.5. The van der Waals surface area contributed by atoms with Crippen LogP contribution in [0.4, 0.5) is 0 Å². The molecule has 0 spiro atoms. The highest BCUT2D eigenvalue weighted by Crippen LogP contribution is 2.34. The number of hydrogen-bond donors (Lipinski definition) is 1. The van der Waals surface area contributed by atoms with E-state index in [9.17, 15) is 9.59 Å². The van der Waals surface area contributed by atoms with Crippen LogP contribution in [-0.4, -0.2) is 36.5 Å². The minimum atomic E-state index is -1.06. The summed E-state index contributed by atoms with van der Waals surface area (Å²) in [5.74, 6) is 0.897. The topological polar surface area (TPSA) is 67.9 Å². The lowest BCUT2D eigenvalue weighted by atomic mass is 9.82. The number of carbonyl (C=O) groups is 2. The van der Waals surface area contributed by atoms with Gasteiger partial charge < -0.3 is 19.7 Å². The molecule has 4 rings (SSSR count). The Labute approximate surface area is 194 Å². The van der Waals surface area contributed by atoms with Crippen molar-refractivity contribution in [3.8, 4) is 11.5 Å². The van der Waals surface area contributed by atoms with Gasteiger partial charge in [-0.1, -0.05) is 48.5 Å². The SMILES string of the molecule is COc1cc(CN2C(=O)c3ccccc3C[C@@]2(C)C(=O)NCc2ccccc2)cc(OC)c1. The predicted octanol–water partition coefficient (Wildman–Crippen LogP) is 3.98. The maximum atomic E-state index is 13.6. The minimum absolute atomic E-state index is 0.170. The largest absolute Gasteiger partial charge is 0.497 e. The van der Waals surface area contributed by atoms with E-state index in [1.807, 2.05) is 73.7 Å². The number of carbonyl (C=O) groups excluding carboxylic acids is 2. The van der Waals surface area contributed by atoms with Gasteiger partial charge in [-0.25, -0.2) is 0 Å². The number of hydrogen-bond acceptors (Lipinski definition) is 4. The lowest BCUT2D eigenvalue weighted by Gasteiger charge is -2.44. The van der Waals surface area contributed by atoms with Crippen LogP contribution < -0.4 is 14.8 Å².